The van der Waals surface area contributed by atoms with Crippen molar-refractivity contribution < 1.29 is 40.6 Å². The molecule has 1 heterocycles. The normalized spacial score (nSPS) is 21.3. The predicted molar refractivity (Wildman–Crippen MR) is 106 cm³/mol. The Kier molecular flexibility index (Phi) is 6.70. The van der Waals surface area contributed by atoms with Crippen LogP contribution < -0.4 is 4.74 Å². The molecule has 1 aromatic heterocycles. The number of aromatic nitrogens is 1. The molecule has 1 saturated carbocycles. The average molecular weight is 494 g/mol. The van der Waals surface area contributed by atoms with E-state index in [2.05, 4.69) is 4.98 Å². The van der Waals surface area contributed by atoms with Gasteiger partial charge in [0.1, 0.15) is 10.8 Å². The first-order valence-corrected chi connectivity index (χ1v) is 9.99. The van der Waals surface area contributed by atoms with Gasteiger partial charge in [0, 0.05) is 17.8 Å². The maximum Gasteiger partial charge on any atom is 0.429 e. The van der Waals surface area contributed by atoms with Gasteiger partial charge in [-0.15, -0.1) is 0 Å². The number of alkyl halides is 6. The lowest BCUT2D eigenvalue weighted by Crippen LogP contribution is -2.27. The second-order valence-electron chi connectivity index (χ2n) is 8.04. The number of hydrogen-bond donors (Lipinski definition) is 0. The minimum Gasteiger partial charge on any atom is -0.447 e. The van der Waals surface area contributed by atoms with Gasteiger partial charge in [0.15, 0.2) is 0 Å². The molecule has 1 aliphatic rings. The van der Waals surface area contributed by atoms with E-state index in [1.165, 1.54) is 13.8 Å². The first-order chi connectivity index (χ1) is 15.2. The van der Waals surface area contributed by atoms with Crippen molar-refractivity contribution in [1.82, 2.24) is 4.98 Å². The van der Waals surface area contributed by atoms with E-state index in [-0.39, 0.29) is 5.88 Å². The van der Waals surface area contributed by atoms with Gasteiger partial charge >= 0.3 is 18.3 Å². The molecule has 178 valence electrons. The van der Waals surface area contributed by atoms with Crippen LogP contribution in [-0.2, 0) is 9.53 Å². The third kappa shape index (κ3) is 5.79. The fourth-order valence-electron chi connectivity index (χ4n) is 3.46. The molecule has 3 rings (SSSR count). The lowest BCUT2D eigenvalue weighted by atomic mass is 10.1. The molecule has 0 radical (unpaired) electrons. The van der Waals surface area contributed by atoms with Gasteiger partial charge in [-0.2, -0.15) is 26.3 Å². The Labute approximate surface area is 190 Å². The van der Waals surface area contributed by atoms with E-state index in [0.29, 0.717) is 11.8 Å². The summed E-state index contributed by atoms with van der Waals surface area (Å²) in [6.07, 6.45) is -10.8. The number of benzene rings is 1. The monoisotopic (exact) mass is 493 g/mol. The quantitative estimate of drug-likeness (QED) is 0.322. The lowest BCUT2D eigenvalue weighted by Gasteiger charge is -2.21. The highest BCUT2D eigenvalue weighted by molar-refractivity contribution is 6.30. The molecule has 0 aliphatic heterocycles. The Bertz CT molecular complexity index is 1040. The number of carbonyl (C=O) groups is 1. The standard InChI is InChI=1S/C22H18ClF6NO3/c1-20(2)14(11-15(23)21(24,25)26)17(20)19(31)33-18(22(27,28)29)12-8-9-30-16(10-12)32-13-6-4-3-5-7-13/h3-11,14,17-18H,1-2H3/t14-,17-,18?/m0/s1. The molecule has 0 bridgehead atoms. The number of allylic oxidation sites excluding steroid dienone is 2. The smallest absolute Gasteiger partial charge is 0.429 e. The molecule has 4 nitrogen and oxygen atoms in total. The average Bonchev–Trinajstić information content (AvgIpc) is 3.25. The van der Waals surface area contributed by atoms with E-state index >= 15 is 0 Å². The Morgan fingerprint density at radius 1 is 1.12 bits per heavy atom. The third-order valence-corrected chi connectivity index (χ3v) is 5.66. The molecule has 1 unspecified atom stereocenters. The van der Waals surface area contributed by atoms with Crippen LogP contribution in [0.4, 0.5) is 26.3 Å². The molecular formula is C22H18ClF6NO3. The maximum atomic E-state index is 13.7. The molecule has 0 spiro atoms. The van der Waals surface area contributed by atoms with Crippen molar-refractivity contribution >= 4 is 17.6 Å². The first kappa shape index (κ1) is 24.9. The van der Waals surface area contributed by atoms with E-state index in [0.717, 1.165) is 18.3 Å². The number of rotatable bonds is 6. The van der Waals surface area contributed by atoms with Crippen LogP contribution in [0.5, 0.6) is 11.6 Å². The molecule has 0 amide bonds. The second-order valence-corrected chi connectivity index (χ2v) is 8.45. The minimum atomic E-state index is -4.99. The van der Waals surface area contributed by atoms with Crippen LogP contribution in [0.3, 0.4) is 0 Å². The van der Waals surface area contributed by atoms with Crippen molar-refractivity contribution in [2.24, 2.45) is 17.3 Å². The van der Waals surface area contributed by atoms with Gasteiger partial charge < -0.3 is 9.47 Å². The van der Waals surface area contributed by atoms with Gasteiger partial charge in [0.25, 0.3) is 0 Å². The van der Waals surface area contributed by atoms with Crippen molar-refractivity contribution in [3.8, 4) is 11.6 Å². The van der Waals surface area contributed by atoms with Crippen molar-refractivity contribution in [1.29, 1.82) is 0 Å². The van der Waals surface area contributed by atoms with Crippen molar-refractivity contribution in [3.63, 3.8) is 0 Å². The number of nitrogens with zero attached hydrogens (tertiary/aromatic N) is 1. The highest BCUT2D eigenvalue weighted by atomic mass is 35.5. The maximum absolute atomic E-state index is 13.7. The Hall–Kier alpha value is -2.75. The van der Waals surface area contributed by atoms with Gasteiger partial charge in [0.05, 0.1) is 5.92 Å². The predicted octanol–water partition coefficient (Wildman–Crippen LogP) is 6.98. The highest BCUT2D eigenvalue weighted by Crippen LogP contribution is 2.61. The van der Waals surface area contributed by atoms with Crippen LogP contribution in [0.25, 0.3) is 0 Å². The minimum absolute atomic E-state index is 0.159. The van der Waals surface area contributed by atoms with Crippen LogP contribution in [0.1, 0.15) is 25.5 Å². The van der Waals surface area contributed by atoms with Crippen molar-refractivity contribution in [2.75, 3.05) is 0 Å². The molecule has 0 saturated heterocycles. The van der Waals surface area contributed by atoms with Crippen LogP contribution >= 0.6 is 11.6 Å². The molecule has 1 aliphatic carbocycles. The SMILES string of the molecule is CC1(C)[C@H](C(=O)OC(c2ccnc(Oc3ccccc3)c2)C(F)(F)F)[C@@H]1C=C(Cl)C(F)(F)F. The van der Waals surface area contributed by atoms with E-state index in [4.69, 9.17) is 21.1 Å². The zero-order valence-electron chi connectivity index (χ0n) is 17.2. The fourth-order valence-corrected chi connectivity index (χ4v) is 3.59. The largest absolute Gasteiger partial charge is 0.447 e. The van der Waals surface area contributed by atoms with Gasteiger partial charge in [-0.05, 0) is 29.5 Å². The van der Waals surface area contributed by atoms with Crippen molar-refractivity contribution in [3.05, 3.63) is 65.3 Å². The number of pyridine rings is 1. The fraction of sp³-hybridized carbons (Fsp3) is 0.364. The Balaban J connectivity index is 1.81. The number of carbonyl (C=O) groups excluding carboxylic acids is 1. The number of para-hydroxylation sites is 1. The highest BCUT2D eigenvalue weighted by Gasteiger charge is 2.63. The molecule has 2 aromatic rings. The van der Waals surface area contributed by atoms with Crippen LogP contribution in [0.2, 0.25) is 0 Å². The summed E-state index contributed by atoms with van der Waals surface area (Å²) >= 11 is 5.23. The summed E-state index contributed by atoms with van der Waals surface area (Å²) in [6, 6.07) is 10.2. The molecule has 11 heteroatoms. The Morgan fingerprint density at radius 3 is 2.33 bits per heavy atom. The zero-order chi connectivity index (χ0) is 24.6. The summed E-state index contributed by atoms with van der Waals surface area (Å²) < 4.78 is 89.6. The summed E-state index contributed by atoms with van der Waals surface area (Å²) in [5.41, 5.74) is -1.51. The first-order valence-electron chi connectivity index (χ1n) is 9.62. The molecule has 0 N–H and O–H groups in total. The summed E-state index contributed by atoms with van der Waals surface area (Å²) in [5.74, 6) is -3.35. The van der Waals surface area contributed by atoms with Gasteiger partial charge in [0.2, 0.25) is 12.0 Å². The van der Waals surface area contributed by atoms with E-state index in [9.17, 15) is 31.1 Å². The van der Waals surface area contributed by atoms with Crippen LogP contribution in [0, 0.1) is 17.3 Å². The second kappa shape index (κ2) is 8.89. The summed E-state index contributed by atoms with van der Waals surface area (Å²) in [6.45, 7) is 2.89. The number of ether oxygens (including phenoxy) is 2. The summed E-state index contributed by atoms with van der Waals surface area (Å²) in [5, 5.41) is -1.44. The van der Waals surface area contributed by atoms with E-state index in [1.807, 2.05) is 0 Å². The third-order valence-electron chi connectivity index (χ3n) is 5.32. The molecule has 1 fully saturated rings. The summed E-state index contributed by atoms with van der Waals surface area (Å²) in [7, 11) is 0. The molecule has 1 aromatic carbocycles. The molecule has 3 atom stereocenters. The Morgan fingerprint density at radius 2 is 1.76 bits per heavy atom. The number of halogens is 7. The topological polar surface area (TPSA) is 48.4 Å². The number of esters is 1. The molecule has 33 heavy (non-hydrogen) atoms. The molecular weight excluding hydrogens is 476 g/mol. The summed E-state index contributed by atoms with van der Waals surface area (Å²) in [4.78, 5) is 16.4. The van der Waals surface area contributed by atoms with Gasteiger partial charge in [-0.3, -0.25) is 4.79 Å². The number of hydrogen-bond acceptors (Lipinski definition) is 4. The van der Waals surface area contributed by atoms with Crippen molar-refractivity contribution in [2.45, 2.75) is 32.3 Å². The van der Waals surface area contributed by atoms with Crippen LogP contribution in [0.15, 0.2) is 59.8 Å². The van der Waals surface area contributed by atoms with Gasteiger partial charge in [-0.1, -0.05) is 49.7 Å². The zero-order valence-corrected chi connectivity index (χ0v) is 18.0. The van der Waals surface area contributed by atoms with E-state index < -0.39 is 52.3 Å². The lowest BCUT2D eigenvalue weighted by molar-refractivity contribution is -0.225. The van der Waals surface area contributed by atoms with Gasteiger partial charge in [-0.25, -0.2) is 4.98 Å². The van der Waals surface area contributed by atoms with E-state index in [1.54, 1.807) is 30.3 Å². The van der Waals surface area contributed by atoms with Crippen LogP contribution in [-0.4, -0.2) is 23.3 Å².